The Labute approximate surface area is 99.9 Å². The summed E-state index contributed by atoms with van der Waals surface area (Å²) < 4.78 is 0. The van der Waals surface area contributed by atoms with Crippen molar-refractivity contribution in [1.82, 2.24) is 4.98 Å². The molecule has 3 heteroatoms. The second-order valence-corrected chi connectivity index (χ2v) is 4.94. The number of fused-ring (bicyclic) bond motifs is 1. The van der Waals surface area contributed by atoms with Gasteiger partial charge in [-0.15, -0.1) is 0 Å². The number of hydrogen-bond acceptors (Lipinski definition) is 2. The van der Waals surface area contributed by atoms with Gasteiger partial charge in [-0.05, 0) is 32.4 Å². The summed E-state index contributed by atoms with van der Waals surface area (Å²) in [5.41, 5.74) is 1.69. The maximum Gasteiger partial charge on any atom is 0.0870 e. The summed E-state index contributed by atoms with van der Waals surface area (Å²) in [5.74, 6) is 0. The smallest absolute Gasteiger partial charge is 0.0870 e. The summed E-state index contributed by atoms with van der Waals surface area (Å²) in [6, 6.07) is 5.91. The summed E-state index contributed by atoms with van der Waals surface area (Å²) in [6.45, 7) is 5.42. The van der Waals surface area contributed by atoms with Crippen molar-refractivity contribution in [2.45, 2.75) is 26.4 Å². The summed E-state index contributed by atoms with van der Waals surface area (Å²) in [6.07, 6.45) is 1.64. The molecule has 1 aromatic carbocycles. The Hall–Kier alpha value is -1.12. The molecular formula is C13H14ClNO. The molecule has 0 aliphatic heterocycles. The van der Waals surface area contributed by atoms with Crippen LogP contribution in [0, 0.1) is 6.92 Å². The zero-order valence-corrected chi connectivity index (χ0v) is 10.3. The van der Waals surface area contributed by atoms with E-state index in [1.54, 1.807) is 20.0 Å². The molecule has 0 aliphatic rings. The predicted molar refractivity (Wildman–Crippen MR) is 66.7 cm³/mol. The normalized spacial score (nSPS) is 12.1. The van der Waals surface area contributed by atoms with E-state index in [0.717, 1.165) is 16.5 Å². The molecular weight excluding hydrogens is 222 g/mol. The van der Waals surface area contributed by atoms with Crippen LogP contribution in [-0.4, -0.2) is 10.1 Å². The average molecular weight is 236 g/mol. The van der Waals surface area contributed by atoms with Crippen molar-refractivity contribution < 1.29 is 5.11 Å². The van der Waals surface area contributed by atoms with Crippen LogP contribution < -0.4 is 0 Å². The Kier molecular flexibility index (Phi) is 2.64. The Morgan fingerprint density at radius 1 is 1.31 bits per heavy atom. The van der Waals surface area contributed by atoms with Crippen molar-refractivity contribution in [1.29, 1.82) is 0 Å². The average Bonchev–Trinajstić information content (AvgIpc) is 2.15. The molecule has 2 nitrogen and oxygen atoms in total. The number of aromatic nitrogens is 1. The predicted octanol–water partition coefficient (Wildman–Crippen LogP) is 3.42. The molecule has 0 unspecified atom stereocenters. The molecule has 0 aliphatic carbocycles. The molecule has 0 saturated heterocycles. The van der Waals surface area contributed by atoms with Gasteiger partial charge in [-0.1, -0.05) is 23.7 Å². The number of rotatable bonds is 1. The van der Waals surface area contributed by atoms with Gasteiger partial charge in [-0.2, -0.15) is 0 Å². The monoisotopic (exact) mass is 235 g/mol. The van der Waals surface area contributed by atoms with Gasteiger partial charge in [0.25, 0.3) is 0 Å². The number of hydrogen-bond donors (Lipinski definition) is 1. The van der Waals surface area contributed by atoms with Crippen molar-refractivity contribution in [2.24, 2.45) is 0 Å². The summed E-state index contributed by atoms with van der Waals surface area (Å²) >= 11 is 6.28. The van der Waals surface area contributed by atoms with Gasteiger partial charge in [-0.3, -0.25) is 4.98 Å². The zero-order valence-electron chi connectivity index (χ0n) is 9.58. The Morgan fingerprint density at radius 2 is 2.00 bits per heavy atom. The first-order valence-electron chi connectivity index (χ1n) is 5.17. The molecule has 0 saturated carbocycles. The minimum Gasteiger partial charge on any atom is -0.386 e. The van der Waals surface area contributed by atoms with E-state index < -0.39 is 5.60 Å². The molecule has 2 rings (SSSR count). The molecule has 0 fully saturated rings. The lowest BCUT2D eigenvalue weighted by atomic mass is 9.98. The van der Waals surface area contributed by atoms with Gasteiger partial charge in [0.2, 0.25) is 0 Å². The molecule has 0 bridgehead atoms. The number of halogens is 1. The third-order valence-corrected chi connectivity index (χ3v) is 3.03. The summed E-state index contributed by atoms with van der Waals surface area (Å²) in [7, 11) is 0. The number of benzene rings is 1. The van der Waals surface area contributed by atoms with E-state index in [4.69, 9.17) is 11.6 Å². The second kappa shape index (κ2) is 3.72. The fourth-order valence-electron chi connectivity index (χ4n) is 1.70. The fourth-order valence-corrected chi connectivity index (χ4v) is 2.14. The molecule has 0 amide bonds. The molecule has 1 aromatic heterocycles. The molecule has 0 radical (unpaired) electrons. The second-order valence-electron chi connectivity index (χ2n) is 4.57. The van der Waals surface area contributed by atoms with Gasteiger partial charge < -0.3 is 5.11 Å². The largest absolute Gasteiger partial charge is 0.386 e. The minimum atomic E-state index is -0.969. The lowest BCUT2D eigenvalue weighted by Crippen LogP contribution is -2.16. The van der Waals surface area contributed by atoms with Crippen LogP contribution in [0.3, 0.4) is 0 Å². The topological polar surface area (TPSA) is 33.1 Å². The maximum atomic E-state index is 9.96. The van der Waals surface area contributed by atoms with E-state index in [1.165, 1.54) is 0 Å². The number of aliphatic hydroxyl groups is 1. The van der Waals surface area contributed by atoms with Crippen LogP contribution in [0.4, 0.5) is 0 Å². The molecule has 16 heavy (non-hydrogen) atoms. The quantitative estimate of drug-likeness (QED) is 0.822. The lowest BCUT2D eigenvalue weighted by Gasteiger charge is -2.19. The third kappa shape index (κ3) is 1.91. The number of nitrogens with zero attached hydrogens (tertiary/aromatic N) is 1. The first kappa shape index (κ1) is 11.4. The molecule has 1 heterocycles. The van der Waals surface area contributed by atoms with Crippen LogP contribution in [0.1, 0.15) is 25.0 Å². The van der Waals surface area contributed by atoms with Crippen LogP contribution in [0.5, 0.6) is 0 Å². The fraction of sp³-hybridized carbons (Fsp3) is 0.308. The van der Waals surface area contributed by atoms with Crippen molar-refractivity contribution in [3.05, 3.63) is 40.5 Å². The van der Waals surface area contributed by atoms with E-state index in [-0.39, 0.29) is 0 Å². The molecule has 1 N–H and O–H groups in total. The van der Waals surface area contributed by atoms with E-state index in [1.807, 2.05) is 25.1 Å². The first-order chi connectivity index (χ1) is 7.39. The van der Waals surface area contributed by atoms with Gasteiger partial charge in [-0.25, -0.2) is 0 Å². The Bertz CT molecular complexity index is 543. The van der Waals surface area contributed by atoms with Gasteiger partial charge in [0.15, 0.2) is 0 Å². The highest BCUT2D eigenvalue weighted by Crippen LogP contribution is 2.32. The van der Waals surface area contributed by atoms with E-state index in [9.17, 15) is 5.11 Å². The van der Waals surface area contributed by atoms with Crippen LogP contribution >= 0.6 is 11.6 Å². The van der Waals surface area contributed by atoms with Crippen molar-refractivity contribution >= 4 is 22.5 Å². The van der Waals surface area contributed by atoms with Crippen molar-refractivity contribution in [3.8, 4) is 0 Å². The Morgan fingerprint density at radius 3 is 2.62 bits per heavy atom. The molecule has 0 spiro atoms. The SMILES string of the molecule is Cc1ccc2c(Cl)c(C(C)(C)O)cnc2c1. The summed E-state index contributed by atoms with van der Waals surface area (Å²) in [4.78, 5) is 4.32. The van der Waals surface area contributed by atoms with Crippen molar-refractivity contribution in [3.63, 3.8) is 0 Å². The standard InChI is InChI=1S/C13H14ClNO/c1-8-4-5-9-11(6-8)15-7-10(12(9)14)13(2,3)16/h4-7,16H,1-3H3. The highest BCUT2D eigenvalue weighted by molar-refractivity contribution is 6.36. The minimum absolute atomic E-state index is 0.581. The molecule has 84 valence electrons. The highest BCUT2D eigenvalue weighted by atomic mass is 35.5. The van der Waals surface area contributed by atoms with Gasteiger partial charge >= 0.3 is 0 Å². The van der Waals surface area contributed by atoms with Crippen LogP contribution in [0.2, 0.25) is 5.02 Å². The number of pyridine rings is 1. The van der Waals surface area contributed by atoms with E-state index in [2.05, 4.69) is 4.98 Å². The van der Waals surface area contributed by atoms with Crippen LogP contribution in [-0.2, 0) is 5.60 Å². The van der Waals surface area contributed by atoms with E-state index in [0.29, 0.717) is 10.6 Å². The van der Waals surface area contributed by atoms with Gasteiger partial charge in [0.1, 0.15) is 0 Å². The Balaban J connectivity index is 2.75. The maximum absolute atomic E-state index is 9.96. The van der Waals surface area contributed by atoms with Crippen LogP contribution in [0.15, 0.2) is 24.4 Å². The van der Waals surface area contributed by atoms with Gasteiger partial charge in [0.05, 0.1) is 16.1 Å². The number of aryl methyl sites for hydroxylation is 1. The van der Waals surface area contributed by atoms with Gasteiger partial charge in [0, 0.05) is 17.1 Å². The highest BCUT2D eigenvalue weighted by Gasteiger charge is 2.21. The third-order valence-electron chi connectivity index (χ3n) is 2.62. The summed E-state index contributed by atoms with van der Waals surface area (Å²) in [5, 5.41) is 11.4. The lowest BCUT2D eigenvalue weighted by molar-refractivity contribution is 0.0785. The van der Waals surface area contributed by atoms with Crippen LogP contribution in [0.25, 0.3) is 10.9 Å². The molecule has 0 atom stereocenters. The van der Waals surface area contributed by atoms with Crippen molar-refractivity contribution in [2.75, 3.05) is 0 Å². The zero-order chi connectivity index (χ0) is 11.9. The first-order valence-corrected chi connectivity index (χ1v) is 5.55. The molecule has 2 aromatic rings. The van der Waals surface area contributed by atoms with E-state index >= 15 is 0 Å².